The third kappa shape index (κ3) is 4.39. The maximum Gasteiger partial charge on any atom is 0.246 e. The van der Waals surface area contributed by atoms with E-state index in [4.69, 9.17) is 0 Å². The first-order valence-corrected chi connectivity index (χ1v) is 12.2. The van der Waals surface area contributed by atoms with Crippen LogP contribution in [-0.4, -0.2) is 43.2 Å². The number of hydrogen-bond donors (Lipinski definition) is 0. The van der Waals surface area contributed by atoms with Gasteiger partial charge in [0.25, 0.3) is 0 Å². The van der Waals surface area contributed by atoms with Crippen LogP contribution in [0, 0.1) is 13.8 Å². The highest BCUT2D eigenvalue weighted by Crippen LogP contribution is 2.28. The SMILES string of the molecule is Cc1cc(C=CC(=O)N2CCCC(c3nnc4n3CCCCC4)C2)c(C)n1-c1ccccc1. The van der Waals surface area contributed by atoms with Crippen molar-refractivity contribution in [1.29, 1.82) is 0 Å². The van der Waals surface area contributed by atoms with E-state index in [9.17, 15) is 4.79 Å². The van der Waals surface area contributed by atoms with Gasteiger partial charge in [-0.1, -0.05) is 24.6 Å². The molecule has 1 aromatic carbocycles. The fourth-order valence-electron chi connectivity index (χ4n) is 5.39. The number of aryl methyl sites for hydroxylation is 2. The third-order valence-electron chi connectivity index (χ3n) is 7.13. The molecule has 6 heteroatoms. The van der Waals surface area contributed by atoms with E-state index < -0.39 is 0 Å². The second-order valence-electron chi connectivity index (χ2n) is 9.39. The largest absolute Gasteiger partial charge is 0.338 e. The number of aromatic nitrogens is 4. The van der Waals surface area contributed by atoms with E-state index in [0.717, 1.165) is 73.2 Å². The zero-order chi connectivity index (χ0) is 22.8. The number of fused-ring (bicyclic) bond motifs is 1. The van der Waals surface area contributed by atoms with E-state index >= 15 is 0 Å². The molecule has 3 aromatic rings. The Morgan fingerprint density at radius 3 is 2.73 bits per heavy atom. The van der Waals surface area contributed by atoms with Crippen LogP contribution in [0.25, 0.3) is 11.8 Å². The van der Waals surface area contributed by atoms with Crippen LogP contribution in [0.1, 0.15) is 66.6 Å². The molecule has 0 spiro atoms. The lowest BCUT2D eigenvalue weighted by Gasteiger charge is -2.31. The van der Waals surface area contributed by atoms with E-state index in [1.165, 1.54) is 19.3 Å². The molecule has 6 nitrogen and oxygen atoms in total. The van der Waals surface area contributed by atoms with E-state index in [-0.39, 0.29) is 11.8 Å². The maximum atomic E-state index is 13.1. The van der Waals surface area contributed by atoms with E-state index in [1.807, 2.05) is 29.2 Å². The molecule has 1 unspecified atom stereocenters. The molecule has 1 saturated heterocycles. The Balaban J connectivity index is 1.30. The monoisotopic (exact) mass is 443 g/mol. The molecule has 1 fully saturated rings. The van der Waals surface area contributed by atoms with Gasteiger partial charge >= 0.3 is 0 Å². The molecular weight excluding hydrogens is 410 g/mol. The number of likely N-dealkylation sites (tertiary alicyclic amines) is 1. The van der Waals surface area contributed by atoms with Crippen molar-refractivity contribution in [3.05, 3.63) is 71.1 Å². The average molecular weight is 444 g/mol. The summed E-state index contributed by atoms with van der Waals surface area (Å²) >= 11 is 0. The summed E-state index contributed by atoms with van der Waals surface area (Å²) in [5.41, 5.74) is 4.53. The van der Waals surface area contributed by atoms with Gasteiger partial charge in [-0.25, -0.2) is 0 Å². The number of piperidine rings is 1. The van der Waals surface area contributed by atoms with Crippen LogP contribution in [-0.2, 0) is 17.8 Å². The Kier molecular flexibility index (Phi) is 6.16. The molecule has 1 amide bonds. The summed E-state index contributed by atoms with van der Waals surface area (Å²) in [4.78, 5) is 15.1. The first kappa shape index (κ1) is 21.7. The Hall–Kier alpha value is -3.15. The topological polar surface area (TPSA) is 56.0 Å². The number of hydrogen-bond acceptors (Lipinski definition) is 3. The van der Waals surface area contributed by atoms with Crippen molar-refractivity contribution in [1.82, 2.24) is 24.2 Å². The Bertz CT molecular complexity index is 1160. The summed E-state index contributed by atoms with van der Waals surface area (Å²) in [6.07, 6.45) is 10.5. The standard InChI is InChI=1S/C27H33N5O/c1-20-18-22(21(2)32(20)24-11-5-3-6-12-24)14-15-26(33)30-16-9-10-23(19-30)27-29-28-25-13-7-4-8-17-31(25)27/h3,5-6,11-12,14-15,18,23H,4,7-10,13,16-17,19H2,1-2H3. The van der Waals surface area contributed by atoms with Crippen LogP contribution >= 0.6 is 0 Å². The van der Waals surface area contributed by atoms with Crippen LogP contribution in [0.4, 0.5) is 0 Å². The molecule has 5 rings (SSSR count). The van der Waals surface area contributed by atoms with Crippen molar-refractivity contribution < 1.29 is 4.79 Å². The normalized spacial score (nSPS) is 19.0. The molecule has 172 valence electrons. The van der Waals surface area contributed by atoms with Crippen LogP contribution < -0.4 is 0 Å². The minimum atomic E-state index is 0.0832. The molecular formula is C27H33N5O. The molecule has 0 bridgehead atoms. The van der Waals surface area contributed by atoms with Crippen LogP contribution in [0.3, 0.4) is 0 Å². The molecule has 4 heterocycles. The number of para-hydroxylation sites is 1. The predicted octanol–water partition coefficient (Wildman–Crippen LogP) is 4.83. The van der Waals surface area contributed by atoms with Crippen molar-refractivity contribution in [2.45, 2.75) is 64.8 Å². The van der Waals surface area contributed by atoms with Crippen LogP contribution in [0.15, 0.2) is 42.5 Å². The molecule has 33 heavy (non-hydrogen) atoms. The molecule has 2 aliphatic heterocycles. The van der Waals surface area contributed by atoms with E-state index in [1.54, 1.807) is 6.08 Å². The predicted molar refractivity (Wildman–Crippen MR) is 130 cm³/mol. The number of rotatable bonds is 4. The maximum absolute atomic E-state index is 13.1. The molecule has 2 aliphatic rings. The van der Waals surface area contributed by atoms with Crippen LogP contribution in [0.2, 0.25) is 0 Å². The van der Waals surface area contributed by atoms with Gasteiger partial charge < -0.3 is 14.0 Å². The highest BCUT2D eigenvalue weighted by Gasteiger charge is 2.28. The Labute approximate surface area is 195 Å². The lowest BCUT2D eigenvalue weighted by atomic mass is 9.97. The highest BCUT2D eigenvalue weighted by molar-refractivity contribution is 5.92. The lowest BCUT2D eigenvalue weighted by Crippen LogP contribution is -2.39. The van der Waals surface area contributed by atoms with Crippen molar-refractivity contribution in [2.75, 3.05) is 13.1 Å². The van der Waals surface area contributed by atoms with Crippen molar-refractivity contribution in [2.24, 2.45) is 0 Å². The second kappa shape index (κ2) is 9.38. The Morgan fingerprint density at radius 1 is 1.03 bits per heavy atom. The summed E-state index contributed by atoms with van der Waals surface area (Å²) in [7, 11) is 0. The Morgan fingerprint density at radius 2 is 1.88 bits per heavy atom. The number of nitrogens with zero attached hydrogens (tertiary/aromatic N) is 5. The molecule has 0 saturated carbocycles. The highest BCUT2D eigenvalue weighted by atomic mass is 16.2. The van der Waals surface area contributed by atoms with Gasteiger partial charge in [-0.3, -0.25) is 4.79 Å². The summed E-state index contributed by atoms with van der Waals surface area (Å²) in [6, 6.07) is 12.5. The van der Waals surface area contributed by atoms with Gasteiger partial charge in [0, 0.05) is 55.1 Å². The van der Waals surface area contributed by atoms with Crippen LogP contribution in [0.5, 0.6) is 0 Å². The van der Waals surface area contributed by atoms with Gasteiger partial charge in [-0.05, 0) is 69.4 Å². The van der Waals surface area contributed by atoms with E-state index in [2.05, 4.69) is 51.4 Å². The summed E-state index contributed by atoms with van der Waals surface area (Å²) in [5, 5.41) is 9.03. The number of carbonyl (C=O) groups excluding carboxylic acids is 1. The molecule has 2 aromatic heterocycles. The number of amides is 1. The van der Waals surface area contributed by atoms with Crippen molar-refractivity contribution in [3.63, 3.8) is 0 Å². The van der Waals surface area contributed by atoms with Crippen molar-refractivity contribution in [3.8, 4) is 5.69 Å². The van der Waals surface area contributed by atoms with Gasteiger partial charge in [-0.15, -0.1) is 10.2 Å². The van der Waals surface area contributed by atoms with Crippen molar-refractivity contribution >= 4 is 12.0 Å². The first-order valence-electron chi connectivity index (χ1n) is 12.2. The number of carbonyl (C=O) groups is 1. The quantitative estimate of drug-likeness (QED) is 0.543. The molecule has 0 radical (unpaired) electrons. The minimum Gasteiger partial charge on any atom is -0.338 e. The molecule has 0 aliphatic carbocycles. The fourth-order valence-corrected chi connectivity index (χ4v) is 5.39. The second-order valence-corrected chi connectivity index (χ2v) is 9.39. The third-order valence-corrected chi connectivity index (χ3v) is 7.13. The zero-order valence-corrected chi connectivity index (χ0v) is 19.7. The molecule has 1 atom stereocenters. The van der Waals surface area contributed by atoms with Gasteiger partial charge in [0.15, 0.2) is 0 Å². The van der Waals surface area contributed by atoms with E-state index in [0.29, 0.717) is 0 Å². The first-order chi connectivity index (χ1) is 16.1. The van der Waals surface area contributed by atoms with Gasteiger partial charge in [0.1, 0.15) is 11.6 Å². The summed E-state index contributed by atoms with van der Waals surface area (Å²) < 4.78 is 4.57. The van der Waals surface area contributed by atoms with Gasteiger partial charge in [-0.2, -0.15) is 0 Å². The summed E-state index contributed by atoms with van der Waals surface area (Å²) in [5.74, 6) is 2.57. The smallest absolute Gasteiger partial charge is 0.246 e. The average Bonchev–Trinajstić information content (AvgIpc) is 3.27. The van der Waals surface area contributed by atoms with Gasteiger partial charge in [0.2, 0.25) is 5.91 Å². The lowest BCUT2D eigenvalue weighted by molar-refractivity contribution is -0.127. The summed E-state index contributed by atoms with van der Waals surface area (Å²) in [6.45, 7) is 6.76. The zero-order valence-electron chi connectivity index (χ0n) is 19.7. The number of benzene rings is 1. The van der Waals surface area contributed by atoms with Gasteiger partial charge in [0.05, 0.1) is 0 Å². The molecule has 0 N–H and O–H groups in total. The minimum absolute atomic E-state index is 0.0832. The fraction of sp³-hybridized carbons (Fsp3) is 0.444.